The third kappa shape index (κ3) is 2.24. The third-order valence-electron chi connectivity index (χ3n) is 3.38. The van der Waals surface area contributed by atoms with Crippen molar-refractivity contribution in [2.75, 3.05) is 0 Å². The van der Waals surface area contributed by atoms with Crippen molar-refractivity contribution >= 4 is 11.0 Å². The van der Waals surface area contributed by atoms with Crippen molar-refractivity contribution < 1.29 is 0 Å². The van der Waals surface area contributed by atoms with Crippen LogP contribution in [0.1, 0.15) is 45.0 Å². The molecular weight excluding hydrogens is 222 g/mol. The minimum absolute atomic E-state index is 0.419. The second-order valence-corrected chi connectivity index (χ2v) is 5.48. The summed E-state index contributed by atoms with van der Waals surface area (Å²) in [6.07, 6.45) is 0. The first-order valence-electron chi connectivity index (χ1n) is 6.42. The summed E-state index contributed by atoms with van der Waals surface area (Å²) in [5.41, 5.74) is 2.56. The molecule has 0 aliphatic carbocycles. The molecule has 3 nitrogen and oxygen atoms in total. The van der Waals surface area contributed by atoms with Gasteiger partial charge in [0.05, 0.1) is 22.7 Å². The molecule has 0 spiro atoms. The van der Waals surface area contributed by atoms with E-state index in [1.165, 1.54) is 0 Å². The Balaban J connectivity index is 2.49. The molecule has 0 radical (unpaired) electrons. The molecule has 0 aliphatic heterocycles. The first kappa shape index (κ1) is 12.6. The predicted octanol–water partition coefficient (Wildman–Crippen LogP) is 3.83. The maximum absolute atomic E-state index is 8.91. The van der Waals surface area contributed by atoms with Gasteiger partial charge in [-0.25, -0.2) is 4.98 Å². The summed E-state index contributed by atoms with van der Waals surface area (Å²) in [5.74, 6) is 2.54. The lowest BCUT2D eigenvalue weighted by atomic mass is 9.85. The molecule has 0 bridgehead atoms. The first-order valence-corrected chi connectivity index (χ1v) is 6.42. The molecule has 1 heterocycles. The quantitative estimate of drug-likeness (QED) is 0.887. The van der Waals surface area contributed by atoms with E-state index in [1.807, 2.05) is 18.2 Å². The van der Waals surface area contributed by atoms with Crippen LogP contribution in [0, 0.1) is 23.2 Å². The Kier molecular flexibility index (Phi) is 3.38. The minimum Gasteiger partial charge on any atom is -0.342 e. The number of imidazole rings is 1. The highest BCUT2D eigenvalue weighted by Gasteiger charge is 2.22. The lowest BCUT2D eigenvalue weighted by molar-refractivity contribution is 0.374. The molecule has 0 saturated carbocycles. The smallest absolute Gasteiger partial charge is 0.110 e. The van der Waals surface area contributed by atoms with E-state index in [9.17, 15) is 0 Å². The zero-order valence-electron chi connectivity index (χ0n) is 11.4. The molecular formula is C15H19N3. The molecule has 0 fully saturated rings. The molecule has 0 aliphatic rings. The normalized spacial score (nSPS) is 11.7. The number of nitriles is 1. The number of benzene rings is 1. The zero-order chi connectivity index (χ0) is 13.3. The van der Waals surface area contributed by atoms with Crippen LogP contribution in [0.3, 0.4) is 0 Å². The van der Waals surface area contributed by atoms with Crippen LogP contribution in [-0.2, 0) is 0 Å². The number of H-pyrrole nitrogens is 1. The van der Waals surface area contributed by atoms with Gasteiger partial charge in [0.15, 0.2) is 0 Å². The second kappa shape index (κ2) is 4.81. The number of fused-ring (bicyclic) bond motifs is 1. The monoisotopic (exact) mass is 241 g/mol. The number of aromatic amines is 1. The van der Waals surface area contributed by atoms with E-state index in [4.69, 9.17) is 5.26 Å². The average molecular weight is 241 g/mol. The van der Waals surface area contributed by atoms with Crippen molar-refractivity contribution in [3.8, 4) is 6.07 Å². The Hall–Kier alpha value is -1.82. The molecule has 1 aromatic carbocycles. The third-order valence-corrected chi connectivity index (χ3v) is 3.38. The molecule has 0 atom stereocenters. The van der Waals surface area contributed by atoms with E-state index in [0.717, 1.165) is 16.9 Å². The van der Waals surface area contributed by atoms with Crippen LogP contribution in [0.4, 0.5) is 0 Å². The zero-order valence-corrected chi connectivity index (χ0v) is 11.4. The van der Waals surface area contributed by atoms with Crippen molar-refractivity contribution in [2.45, 2.75) is 33.6 Å². The lowest BCUT2D eigenvalue weighted by Gasteiger charge is -2.22. The van der Waals surface area contributed by atoms with Gasteiger partial charge in [0, 0.05) is 5.92 Å². The highest BCUT2D eigenvalue weighted by molar-refractivity contribution is 5.76. The summed E-state index contributed by atoms with van der Waals surface area (Å²) in [5, 5.41) is 8.91. The fourth-order valence-electron chi connectivity index (χ4n) is 2.66. The fourth-order valence-corrected chi connectivity index (χ4v) is 2.66. The van der Waals surface area contributed by atoms with Crippen molar-refractivity contribution in [3.63, 3.8) is 0 Å². The average Bonchev–Trinajstić information content (AvgIpc) is 2.69. The van der Waals surface area contributed by atoms with E-state index in [1.54, 1.807) is 0 Å². The second-order valence-electron chi connectivity index (χ2n) is 5.48. The maximum Gasteiger partial charge on any atom is 0.110 e. The van der Waals surface area contributed by atoms with Crippen molar-refractivity contribution in [3.05, 3.63) is 29.6 Å². The van der Waals surface area contributed by atoms with Gasteiger partial charge in [0.25, 0.3) is 0 Å². The van der Waals surface area contributed by atoms with Crippen LogP contribution < -0.4 is 0 Å². The molecule has 94 valence electrons. The van der Waals surface area contributed by atoms with Crippen LogP contribution in [-0.4, -0.2) is 9.97 Å². The van der Waals surface area contributed by atoms with E-state index in [2.05, 4.69) is 43.7 Å². The van der Waals surface area contributed by atoms with Crippen LogP contribution in [0.5, 0.6) is 0 Å². The molecule has 3 heteroatoms. The van der Waals surface area contributed by atoms with Crippen molar-refractivity contribution in [1.29, 1.82) is 5.26 Å². The maximum atomic E-state index is 8.91. The number of nitrogens with zero attached hydrogens (tertiary/aromatic N) is 2. The Bertz CT molecular complexity index is 579. The van der Waals surface area contributed by atoms with E-state index in [0.29, 0.717) is 23.3 Å². The molecule has 0 unspecified atom stereocenters. The van der Waals surface area contributed by atoms with Gasteiger partial charge in [-0.15, -0.1) is 0 Å². The van der Waals surface area contributed by atoms with Crippen LogP contribution in [0.2, 0.25) is 0 Å². The molecule has 18 heavy (non-hydrogen) atoms. The van der Waals surface area contributed by atoms with Crippen LogP contribution in [0.15, 0.2) is 18.2 Å². The van der Waals surface area contributed by atoms with Gasteiger partial charge in [-0.05, 0) is 30.0 Å². The van der Waals surface area contributed by atoms with Gasteiger partial charge in [0.1, 0.15) is 5.82 Å². The van der Waals surface area contributed by atoms with Crippen LogP contribution in [0.25, 0.3) is 11.0 Å². The van der Waals surface area contributed by atoms with E-state index < -0.39 is 0 Å². The predicted molar refractivity (Wildman–Crippen MR) is 73.2 cm³/mol. The number of rotatable bonds is 3. The van der Waals surface area contributed by atoms with E-state index in [-0.39, 0.29) is 0 Å². The highest BCUT2D eigenvalue weighted by atomic mass is 14.9. The molecule has 2 rings (SSSR count). The summed E-state index contributed by atoms with van der Waals surface area (Å²) >= 11 is 0. The molecule has 0 amide bonds. The van der Waals surface area contributed by atoms with Crippen molar-refractivity contribution in [2.24, 2.45) is 11.8 Å². The Morgan fingerprint density at radius 2 is 1.83 bits per heavy atom. The number of nitrogens with one attached hydrogen (secondary N) is 1. The van der Waals surface area contributed by atoms with Gasteiger partial charge in [-0.2, -0.15) is 5.26 Å². The van der Waals surface area contributed by atoms with Crippen LogP contribution >= 0.6 is 0 Å². The SMILES string of the molecule is CC(C)C(c1nc2ccc(C#N)cc2[nH]1)C(C)C. The van der Waals surface area contributed by atoms with Gasteiger partial charge < -0.3 is 4.98 Å². The fraction of sp³-hybridized carbons (Fsp3) is 0.467. The lowest BCUT2D eigenvalue weighted by Crippen LogP contribution is -2.14. The topological polar surface area (TPSA) is 52.5 Å². The summed E-state index contributed by atoms with van der Waals surface area (Å²) in [7, 11) is 0. The molecule has 1 aromatic heterocycles. The molecule has 1 N–H and O–H groups in total. The first-order chi connectivity index (χ1) is 8.52. The largest absolute Gasteiger partial charge is 0.342 e. The van der Waals surface area contributed by atoms with Gasteiger partial charge >= 0.3 is 0 Å². The Morgan fingerprint density at radius 3 is 2.39 bits per heavy atom. The number of aromatic nitrogens is 2. The van der Waals surface area contributed by atoms with Gasteiger partial charge in [-0.3, -0.25) is 0 Å². The number of hydrogen-bond acceptors (Lipinski definition) is 2. The minimum atomic E-state index is 0.419. The molecule has 2 aromatic rings. The standard InChI is InChI=1S/C15H19N3/c1-9(2)14(10(3)4)15-17-12-6-5-11(8-16)7-13(12)18-15/h5-7,9-10,14H,1-4H3,(H,17,18). The Morgan fingerprint density at radius 1 is 1.17 bits per heavy atom. The van der Waals surface area contributed by atoms with E-state index >= 15 is 0 Å². The summed E-state index contributed by atoms with van der Waals surface area (Å²) in [6.45, 7) is 8.88. The highest BCUT2D eigenvalue weighted by Crippen LogP contribution is 2.31. The summed E-state index contributed by atoms with van der Waals surface area (Å²) in [6, 6.07) is 7.74. The summed E-state index contributed by atoms with van der Waals surface area (Å²) < 4.78 is 0. The van der Waals surface area contributed by atoms with Gasteiger partial charge in [0.2, 0.25) is 0 Å². The Labute approximate surface area is 108 Å². The van der Waals surface area contributed by atoms with Crippen molar-refractivity contribution in [1.82, 2.24) is 9.97 Å². The molecule has 0 saturated heterocycles. The summed E-state index contributed by atoms with van der Waals surface area (Å²) in [4.78, 5) is 8.04. The number of hydrogen-bond donors (Lipinski definition) is 1. The van der Waals surface area contributed by atoms with Gasteiger partial charge in [-0.1, -0.05) is 27.7 Å².